The number of carbonyl (C=O) groups excluding carboxylic acids is 1. The van der Waals surface area contributed by atoms with Crippen LogP contribution in [0.1, 0.15) is 12.0 Å². The molecule has 0 bridgehead atoms. The second kappa shape index (κ2) is 4.26. The molecule has 1 aliphatic rings. The van der Waals surface area contributed by atoms with E-state index in [1.807, 2.05) is 0 Å². The number of allylic oxidation sites excluding steroid dienone is 2. The Morgan fingerprint density at radius 3 is 2.71 bits per heavy atom. The Hall–Kier alpha value is -1.74. The van der Waals surface area contributed by atoms with E-state index >= 15 is 0 Å². The molecule has 88 valence electrons. The van der Waals surface area contributed by atoms with Crippen molar-refractivity contribution >= 4 is 23.0 Å². The molecule has 0 heterocycles. The minimum Gasteiger partial charge on any atom is -0.507 e. The van der Waals surface area contributed by atoms with Gasteiger partial charge in [-0.3, -0.25) is 4.79 Å². The summed E-state index contributed by atoms with van der Waals surface area (Å²) in [5.74, 6) is 0.169. The SMILES string of the molecule is C=C1CC(=O)C(c2c(Cl)cccc2OC)=C1O. The molecule has 0 aromatic heterocycles. The van der Waals surface area contributed by atoms with Gasteiger partial charge in [0.05, 0.1) is 17.7 Å². The zero-order chi connectivity index (χ0) is 12.6. The molecule has 0 radical (unpaired) electrons. The van der Waals surface area contributed by atoms with Crippen LogP contribution < -0.4 is 4.74 Å². The third-order valence-electron chi connectivity index (χ3n) is 2.67. The number of Topliss-reactive ketones (excluding diaryl/α,β-unsaturated/α-hetero) is 1. The van der Waals surface area contributed by atoms with Crippen molar-refractivity contribution in [2.45, 2.75) is 6.42 Å². The lowest BCUT2D eigenvalue weighted by molar-refractivity contribution is -0.112. The number of aliphatic hydroxyl groups excluding tert-OH is 1. The van der Waals surface area contributed by atoms with Gasteiger partial charge in [-0.2, -0.15) is 0 Å². The molecule has 0 spiro atoms. The summed E-state index contributed by atoms with van der Waals surface area (Å²) in [4.78, 5) is 11.8. The van der Waals surface area contributed by atoms with Crippen molar-refractivity contribution < 1.29 is 14.6 Å². The van der Waals surface area contributed by atoms with Gasteiger partial charge in [0.25, 0.3) is 0 Å². The van der Waals surface area contributed by atoms with Crippen LogP contribution in [0.25, 0.3) is 5.57 Å². The number of rotatable bonds is 2. The molecular formula is C13H11ClO3. The van der Waals surface area contributed by atoms with Gasteiger partial charge in [0.15, 0.2) is 5.78 Å². The molecule has 1 aromatic rings. The van der Waals surface area contributed by atoms with E-state index in [1.165, 1.54) is 7.11 Å². The summed E-state index contributed by atoms with van der Waals surface area (Å²) in [6, 6.07) is 5.06. The lowest BCUT2D eigenvalue weighted by Crippen LogP contribution is -2.00. The van der Waals surface area contributed by atoms with Crippen LogP contribution in [0.4, 0.5) is 0 Å². The van der Waals surface area contributed by atoms with Crippen molar-refractivity contribution in [1.82, 2.24) is 0 Å². The molecule has 3 nitrogen and oxygen atoms in total. The summed E-state index contributed by atoms with van der Waals surface area (Å²) >= 11 is 6.06. The Bertz CT molecular complexity index is 544. The highest BCUT2D eigenvalue weighted by Crippen LogP contribution is 2.40. The topological polar surface area (TPSA) is 46.5 Å². The minimum absolute atomic E-state index is 0.0959. The highest BCUT2D eigenvalue weighted by atomic mass is 35.5. The molecule has 2 rings (SSSR count). The predicted octanol–water partition coefficient (Wildman–Crippen LogP) is 3.15. The molecule has 1 aliphatic carbocycles. The average Bonchev–Trinajstić information content (AvgIpc) is 2.54. The van der Waals surface area contributed by atoms with E-state index in [9.17, 15) is 9.90 Å². The second-order valence-corrected chi connectivity index (χ2v) is 4.15. The number of hydrogen-bond acceptors (Lipinski definition) is 3. The molecule has 1 aromatic carbocycles. The van der Waals surface area contributed by atoms with Crippen LogP contribution in [0, 0.1) is 0 Å². The lowest BCUT2D eigenvalue weighted by atomic mass is 10.0. The van der Waals surface area contributed by atoms with E-state index in [1.54, 1.807) is 18.2 Å². The van der Waals surface area contributed by atoms with Gasteiger partial charge in [0, 0.05) is 12.0 Å². The Kier molecular flexibility index (Phi) is 2.94. The van der Waals surface area contributed by atoms with E-state index < -0.39 is 0 Å². The van der Waals surface area contributed by atoms with E-state index in [-0.39, 0.29) is 23.5 Å². The van der Waals surface area contributed by atoms with Crippen molar-refractivity contribution in [2.75, 3.05) is 7.11 Å². The summed E-state index contributed by atoms with van der Waals surface area (Å²) < 4.78 is 5.16. The quantitative estimate of drug-likeness (QED) is 0.877. The number of methoxy groups -OCH3 is 1. The summed E-state index contributed by atoms with van der Waals surface area (Å²) in [7, 11) is 1.49. The van der Waals surface area contributed by atoms with E-state index in [0.29, 0.717) is 21.9 Å². The molecule has 17 heavy (non-hydrogen) atoms. The van der Waals surface area contributed by atoms with E-state index in [0.717, 1.165) is 0 Å². The first-order valence-electron chi connectivity index (χ1n) is 5.03. The second-order valence-electron chi connectivity index (χ2n) is 3.74. The Balaban J connectivity index is 2.70. The van der Waals surface area contributed by atoms with Crippen LogP contribution in [0.3, 0.4) is 0 Å². The standard InChI is InChI=1S/C13H11ClO3/c1-7-6-9(15)12(13(7)16)11-8(14)4-3-5-10(11)17-2/h3-5,16H,1,6H2,2H3. The monoisotopic (exact) mass is 250 g/mol. The fraction of sp³-hybridized carbons (Fsp3) is 0.154. The maximum absolute atomic E-state index is 11.8. The number of carbonyl (C=O) groups is 1. The molecule has 1 N–H and O–H groups in total. The number of halogens is 1. The molecular weight excluding hydrogens is 240 g/mol. The molecule has 0 unspecified atom stereocenters. The van der Waals surface area contributed by atoms with Crippen LogP contribution in [-0.2, 0) is 4.79 Å². The van der Waals surface area contributed by atoms with Gasteiger partial charge >= 0.3 is 0 Å². The van der Waals surface area contributed by atoms with Crippen molar-refractivity contribution in [1.29, 1.82) is 0 Å². The Morgan fingerprint density at radius 2 is 2.18 bits per heavy atom. The number of ketones is 1. The Labute approximate surface area is 104 Å². The largest absolute Gasteiger partial charge is 0.507 e. The van der Waals surface area contributed by atoms with Gasteiger partial charge in [-0.15, -0.1) is 0 Å². The van der Waals surface area contributed by atoms with Crippen molar-refractivity contribution in [3.63, 3.8) is 0 Å². The van der Waals surface area contributed by atoms with Gasteiger partial charge in [-0.25, -0.2) is 0 Å². The fourth-order valence-corrected chi connectivity index (χ4v) is 2.11. The fourth-order valence-electron chi connectivity index (χ4n) is 1.85. The molecule has 0 fully saturated rings. The molecule has 0 amide bonds. The molecule has 0 saturated carbocycles. The minimum atomic E-state index is -0.195. The van der Waals surface area contributed by atoms with Crippen LogP contribution in [0.15, 0.2) is 36.1 Å². The number of hydrogen-bond donors (Lipinski definition) is 1. The molecule has 0 saturated heterocycles. The smallest absolute Gasteiger partial charge is 0.171 e. The summed E-state index contributed by atoms with van der Waals surface area (Å²) in [5, 5.41) is 10.2. The average molecular weight is 251 g/mol. The van der Waals surface area contributed by atoms with Gasteiger partial charge < -0.3 is 9.84 Å². The first-order chi connectivity index (χ1) is 8.06. The zero-order valence-electron chi connectivity index (χ0n) is 9.29. The van der Waals surface area contributed by atoms with Crippen LogP contribution in [0.2, 0.25) is 5.02 Å². The Morgan fingerprint density at radius 1 is 1.47 bits per heavy atom. The van der Waals surface area contributed by atoms with E-state index in [4.69, 9.17) is 16.3 Å². The lowest BCUT2D eigenvalue weighted by Gasteiger charge is -2.10. The van der Waals surface area contributed by atoms with Crippen LogP contribution in [0.5, 0.6) is 5.75 Å². The highest BCUT2D eigenvalue weighted by Gasteiger charge is 2.30. The van der Waals surface area contributed by atoms with Gasteiger partial charge in [0.1, 0.15) is 11.5 Å². The third-order valence-corrected chi connectivity index (χ3v) is 2.98. The van der Waals surface area contributed by atoms with E-state index in [2.05, 4.69) is 6.58 Å². The third kappa shape index (κ3) is 1.83. The summed E-state index contributed by atoms with van der Waals surface area (Å²) in [6.45, 7) is 3.63. The van der Waals surface area contributed by atoms with Crippen LogP contribution in [-0.4, -0.2) is 18.0 Å². The summed E-state index contributed by atoms with van der Waals surface area (Å²) in [6.07, 6.45) is 0.121. The maximum Gasteiger partial charge on any atom is 0.171 e. The number of ether oxygens (including phenoxy) is 1. The molecule has 0 atom stereocenters. The maximum atomic E-state index is 11.8. The summed E-state index contributed by atoms with van der Waals surface area (Å²) in [5.41, 5.74) is 1.03. The van der Waals surface area contributed by atoms with Crippen LogP contribution >= 0.6 is 11.6 Å². The normalized spacial score (nSPS) is 15.6. The van der Waals surface area contributed by atoms with Crippen molar-refractivity contribution in [3.05, 3.63) is 46.7 Å². The first kappa shape index (κ1) is 11.7. The number of aliphatic hydroxyl groups is 1. The van der Waals surface area contributed by atoms with Gasteiger partial charge in [0.2, 0.25) is 0 Å². The van der Waals surface area contributed by atoms with Crippen molar-refractivity contribution in [2.24, 2.45) is 0 Å². The number of benzene rings is 1. The van der Waals surface area contributed by atoms with Gasteiger partial charge in [-0.1, -0.05) is 24.2 Å². The predicted molar refractivity (Wildman–Crippen MR) is 66.3 cm³/mol. The highest BCUT2D eigenvalue weighted by molar-refractivity contribution is 6.36. The van der Waals surface area contributed by atoms with Gasteiger partial charge in [-0.05, 0) is 17.7 Å². The molecule has 4 heteroatoms. The first-order valence-corrected chi connectivity index (χ1v) is 5.41. The van der Waals surface area contributed by atoms with Crippen molar-refractivity contribution in [3.8, 4) is 5.75 Å². The molecule has 0 aliphatic heterocycles. The zero-order valence-corrected chi connectivity index (χ0v) is 10.0.